The van der Waals surface area contributed by atoms with Crippen molar-refractivity contribution in [2.24, 2.45) is 0 Å². The third-order valence-corrected chi connectivity index (χ3v) is 2.74. The molecule has 2 aromatic rings. The molecule has 17 heavy (non-hydrogen) atoms. The summed E-state index contributed by atoms with van der Waals surface area (Å²) in [6.07, 6.45) is 3.58. The Kier molecular flexibility index (Phi) is 3.38. The van der Waals surface area contributed by atoms with Crippen LogP contribution in [0.1, 0.15) is 24.1 Å². The largest absolute Gasteiger partial charge is 0.378 e. The lowest BCUT2D eigenvalue weighted by Crippen LogP contribution is -2.07. The maximum absolute atomic E-state index is 13.0. The molecule has 0 bridgehead atoms. The summed E-state index contributed by atoms with van der Waals surface area (Å²) in [5, 5.41) is 3.35. The maximum atomic E-state index is 13.0. The SMILES string of the molecule is Cc1cc(F)ccc1NC(C)c1cccnc1. The first kappa shape index (κ1) is 11.6. The Labute approximate surface area is 101 Å². The monoisotopic (exact) mass is 230 g/mol. The fourth-order valence-electron chi connectivity index (χ4n) is 1.74. The van der Waals surface area contributed by atoms with Crippen LogP contribution in [0.5, 0.6) is 0 Å². The van der Waals surface area contributed by atoms with Crippen molar-refractivity contribution < 1.29 is 4.39 Å². The molecule has 1 heterocycles. The van der Waals surface area contributed by atoms with Crippen LogP contribution in [0.25, 0.3) is 0 Å². The maximum Gasteiger partial charge on any atom is 0.123 e. The first-order valence-electron chi connectivity index (χ1n) is 5.59. The number of nitrogens with one attached hydrogen (secondary N) is 1. The van der Waals surface area contributed by atoms with Gasteiger partial charge in [0, 0.05) is 18.1 Å². The van der Waals surface area contributed by atoms with Gasteiger partial charge in [-0.1, -0.05) is 6.07 Å². The summed E-state index contributed by atoms with van der Waals surface area (Å²) in [4.78, 5) is 4.08. The van der Waals surface area contributed by atoms with E-state index in [1.54, 1.807) is 12.3 Å². The number of hydrogen-bond acceptors (Lipinski definition) is 2. The Bertz CT molecular complexity index is 497. The summed E-state index contributed by atoms with van der Waals surface area (Å²) in [5.41, 5.74) is 2.96. The van der Waals surface area contributed by atoms with E-state index >= 15 is 0 Å². The molecular formula is C14H15FN2. The number of nitrogens with zero attached hydrogens (tertiary/aromatic N) is 1. The molecule has 1 aromatic heterocycles. The van der Waals surface area contributed by atoms with E-state index in [1.807, 2.05) is 25.3 Å². The average Bonchev–Trinajstić information content (AvgIpc) is 2.34. The van der Waals surface area contributed by atoms with Crippen molar-refractivity contribution in [1.29, 1.82) is 0 Å². The van der Waals surface area contributed by atoms with E-state index in [0.717, 1.165) is 16.8 Å². The number of rotatable bonds is 3. The van der Waals surface area contributed by atoms with Crippen molar-refractivity contribution in [3.63, 3.8) is 0 Å². The minimum atomic E-state index is -0.206. The molecule has 0 saturated carbocycles. The second kappa shape index (κ2) is 4.95. The molecule has 0 saturated heterocycles. The zero-order chi connectivity index (χ0) is 12.3. The van der Waals surface area contributed by atoms with Crippen LogP contribution < -0.4 is 5.32 Å². The lowest BCUT2D eigenvalue weighted by molar-refractivity contribution is 0.626. The number of anilines is 1. The average molecular weight is 230 g/mol. The number of pyridine rings is 1. The molecule has 0 radical (unpaired) electrons. The summed E-state index contributed by atoms with van der Waals surface area (Å²) >= 11 is 0. The quantitative estimate of drug-likeness (QED) is 0.869. The van der Waals surface area contributed by atoms with Crippen LogP contribution in [0.3, 0.4) is 0 Å². The van der Waals surface area contributed by atoms with Crippen molar-refractivity contribution in [3.05, 3.63) is 59.7 Å². The van der Waals surface area contributed by atoms with Gasteiger partial charge in [-0.25, -0.2) is 4.39 Å². The Balaban J connectivity index is 2.16. The second-order valence-corrected chi connectivity index (χ2v) is 4.11. The Morgan fingerprint density at radius 3 is 2.76 bits per heavy atom. The van der Waals surface area contributed by atoms with Gasteiger partial charge in [0.25, 0.3) is 0 Å². The van der Waals surface area contributed by atoms with Gasteiger partial charge in [0.05, 0.1) is 6.04 Å². The highest BCUT2D eigenvalue weighted by Gasteiger charge is 2.07. The van der Waals surface area contributed by atoms with Crippen molar-refractivity contribution in [2.75, 3.05) is 5.32 Å². The van der Waals surface area contributed by atoms with Crippen molar-refractivity contribution in [1.82, 2.24) is 4.98 Å². The van der Waals surface area contributed by atoms with E-state index in [-0.39, 0.29) is 11.9 Å². The fourth-order valence-corrected chi connectivity index (χ4v) is 1.74. The van der Waals surface area contributed by atoms with Crippen molar-refractivity contribution in [2.45, 2.75) is 19.9 Å². The number of halogens is 1. The molecule has 0 aliphatic carbocycles. The second-order valence-electron chi connectivity index (χ2n) is 4.11. The van der Waals surface area contributed by atoms with Gasteiger partial charge in [-0.2, -0.15) is 0 Å². The predicted molar refractivity (Wildman–Crippen MR) is 67.4 cm³/mol. The highest BCUT2D eigenvalue weighted by molar-refractivity contribution is 5.51. The first-order valence-corrected chi connectivity index (χ1v) is 5.59. The van der Waals surface area contributed by atoms with Gasteiger partial charge in [-0.05, 0) is 49.2 Å². The molecule has 0 amide bonds. The first-order chi connectivity index (χ1) is 8.16. The molecule has 0 spiro atoms. The van der Waals surface area contributed by atoms with Crippen LogP contribution in [0, 0.1) is 12.7 Å². The summed E-state index contributed by atoms with van der Waals surface area (Å²) in [6, 6.07) is 8.82. The van der Waals surface area contributed by atoms with Crippen molar-refractivity contribution >= 4 is 5.69 Å². The van der Waals surface area contributed by atoms with Gasteiger partial charge in [-0.15, -0.1) is 0 Å². The standard InChI is InChI=1S/C14H15FN2/c1-10-8-13(15)5-6-14(10)17-11(2)12-4-3-7-16-9-12/h3-9,11,17H,1-2H3. The van der Waals surface area contributed by atoms with Gasteiger partial charge in [0.2, 0.25) is 0 Å². The summed E-state index contributed by atoms with van der Waals surface area (Å²) in [6.45, 7) is 3.95. The molecule has 3 heteroatoms. The van der Waals surface area contributed by atoms with Crippen molar-refractivity contribution in [3.8, 4) is 0 Å². The van der Waals surface area contributed by atoms with Crippen LogP contribution in [0.2, 0.25) is 0 Å². The number of hydrogen-bond donors (Lipinski definition) is 1. The normalized spacial score (nSPS) is 12.2. The molecule has 0 aliphatic rings. The number of benzene rings is 1. The molecule has 1 N–H and O–H groups in total. The minimum absolute atomic E-state index is 0.146. The molecule has 1 aromatic carbocycles. The minimum Gasteiger partial charge on any atom is -0.378 e. The number of aromatic nitrogens is 1. The molecule has 1 unspecified atom stereocenters. The third kappa shape index (κ3) is 2.81. The molecule has 88 valence electrons. The zero-order valence-corrected chi connectivity index (χ0v) is 9.94. The van der Waals surface area contributed by atoms with Crippen LogP contribution in [0.15, 0.2) is 42.7 Å². The molecule has 1 atom stereocenters. The Hall–Kier alpha value is -1.90. The van der Waals surface area contributed by atoms with E-state index in [4.69, 9.17) is 0 Å². The van der Waals surface area contributed by atoms with Gasteiger partial charge >= 0.3 is 0 Å². The van der Waals surface area contributed by atoms with Gasteiger partial charge in [-0.3, -0.25) is 4.98 Å². The van der Waals surface area contributed by atoms with Crippen LogP contribution in [-0.2, 0) is 0 Å². The van der Waals surface area contributed by atoms with E-state index in [1.165, 1.54) is 12.1 Å². The van der Waals surface area contributed by atoms with Gasteiger partial charge < -0.3 is 5.32 Å². The third-order valence-electron chi connectivity index (χ3n) is 2.74. The number of aryl methyl sites for hydroxylation is 1. The molecule has 0 aliphatic heterocycles. The lowest BCUT2D eigenvalue weighted by atomic mass is 10.1. The Morgan fingerprint density at radius 2 is 2.12 bits per heavy atom. The highest BCUT2D eigenvalue weighted by Crippen LogP contribution is 2.22. The summed E-state index contributed by atoms with van der Waals surface area (Å²) in [5.74, 6) is -0.206. The van der Waals surface area contributed by atoms with E-state index < -0.39 is 0 Å². The molecule has 2 nitrogen and oxygen atoms in total. The van der Waals surface area contributed by atoms with Crippen LogP contribution >= 0.6 is 0 Å². The highest BCUT2D eigenvalue weighted by atomic mass is 19.1. The smallest absolute Gasteiger partial charge is 0.123 e. The zero-order valence-electron chi connectivity index (χ0n) is 9.94. The lowest BCUT2D eigenvalue weighted by Gasteiger charge is -2.17. The van der Waals surface area contributed by atoms with E-state index in [9.17, 15) is 4.39 Å². The van der Waals surface area contributed by atoms with Crippen LogP contribution in [0.4, 0.5) is 10.1 Å². The van der Waals surface area contributed by atoms with Crippen LogP contribution in [-0.4, -0.2) is 4.98 Å². The summed E-state index contributed by atoms with van der Waals surface area (Å²) < 4.78 is 13.0. The van der Waals surface area contributed by atoms with E-state index in [2.05, 4.69) is 17.2 Å². The topological polar surface area (TPSA) is 24.9 Å². The summed E-state index contributed by atoms with van der Waals surface area (Å²) in [7, 11) is 0. The molecular weight excluding hydrogens is 215 g/mol. The molecule has 2 rings (SSSR count). The van der Waals surface area contributed by atoms with Gasteiger partial charge in [0.15, 0.2) is 0 Å². The Morgan fingerprint density at radius 1 is 1.29 bits per heavy atom. The fraction of sp³-hybridized carbons (Fsp3) is 0.214. The van der Waals surface area contributed by atoms with E-state index in [0.29, 0.717) is 0 Å². The van der Waals surface area contributed by atoms with Gasteiger partial charge in [0.1, 0.15) is 5.82 Å². The predicted octanol–water partition coefficient (Wildman–Crippen LogP) is 3.70. The molecule has 0 fully saturated rings.